The van der Waals surface area contributed by atoms with Crippen LogP contribution in [0.3, 0.4) is 0 Å². The number of benzene rings is 6. The molecule has 2 nitrogen and oxygen atoms in total. The lowest BCUT2D eigenvalue weighted by atomic mass is 10.0. The number of fused-ring (bicyclic) bond motifs is 8. The summed E-state index contributed by atoms with van der Waals surface area (Å²) in [7, 11) is 0. The Morgan fingerprint density at radius 2 is 1.22 bits per heavy atom. The highest BCUT2D eigenvalue weighted by molar-refractivity contribution is 7.28. The van der Waals surface area contributed by atoms with Gasteiger partial charge in [0.05, 0.1) is 21.3 Å². The molecule has 0 bridgehead atoms. The average molecular weight is 559 g/mol. The van der Waals surface area contributed by atoms with Crippen LogP contribution in [0, 0.1) is 0 Å². The summed E-state index contributed by atoms with van der Waals surface area (Å²) in [5, 5.41) is 6.25. The molecule has 9 rings (SSSR count). The molecular formula is C37H22N2S2. The molecule has 0 aliphatic heterocycles. The molecule has 0 atom stereocenters. The van der Waals surface area contributed by atoms with Gasteiger partial charge in [-0.15, -0.1) is 22.7 Å². The molecule has 0 radical (unpaired) electrons. The van der Waals surface area contributed by atoms with Crippen molar-refractivity contribution < 1.29 is 0 Å². The van der Waals surface area contributed by atoms with Gasteiger partial charge >= 0.3 is 0 Å². The van der Waals surface area contributed by atoms with Crippen molar-refractivity contribution >= 4 is 74.9 Å². The topological polar surface area (TPSA) is 17.8 Å². The molecule has 9 aromatic rings. The van der Waals surface area contributed by atoms with Crippen LogP contribution in [0.2, 0.25) is 0 Å². The van der Waals surface area contributed by atoms with Crippen LogP contribution < -0.4 is 0 Å². The van der Waals surface area contributed by atoms with E-state index >= 15 is 0 Å². The minimum atomic E-state index is 1.06. The maximum Gasteiger partial charge on any atom is 0.124 e. The highest BCUT2D eigenvalue weighted by Crippen LogP contribution is 2.42. The molecule has 192 valence electrons. The molecule has 6 aromatic carbocycles. The molecule has 0 aliphatic rings. The molecule has 3 heterocycles. The lowest BCUT2D eigenvalue weighted by Crippen LogP contribution is -1.93. The molecule has 41 heavy (non-hydrogen) atoms. The maximum atomic E-state index is 5.07. The van der Waals surface area contributed by atoms with E-state index in [4.69, 9.17) is 4.98 Å². The third-order valence-electron chi connectivity index (χ3n) is 8.05. The lowest BCUT2D eigenvalue weighted by Gasteiger charge is -2.09. The zero-order chi connectivity index (χ0) is 26.9. The third-order valence-corrected chi connectivity index (χ3v) is 10.3. The van der Waals surface area contributed by atoms with Crippen LogP contribution in [0.1, 0.15) is 0 Å². The van der Waals surface area contributed by atoms with E-state index in [1.54, 1.807) is 11.3 Å². The first kappa shape index (κ1) is 23.0. The second-order valence-corrected chi connectivity index (χ2v) is 12.5. The van der Waals surface area contributed by atoms with Crippen molar-refractivity contribution in [2.24, 2.45) is 0 Å². The highest BCUT2D eigenvalue weighted by Gasteiger charge is 2.16. The van der Waals surface area contributed by atoms with Crippen molar-refractivity contribution in [2.75, 3.05) is 0 Å². The van der Waals surface area contributed by atoms with Gasteiger partial charge in [0, 0.05) is 42.2 Å². The van der Waals surface area contributed by atoms with Crippen molar-refractivity contribution in [3.63, 3.8) is 0 Å². The molecule has 0 unspecified atom stereocenters. The van der Waals surface area contributed by atoms with E-state index in [0.717, 1.165) is 21.8 Å². The zero-order valence-electron chi connectivity index (χ0n) is 21.9. The SMILES string of the molecule is c1ccc(-c2ccc3c(c2)c2ccccc2n3-c2ccc(-c3nc4ccc5sc6ccccc6c5c4s3)cc2)cc1. The molecule has 0 spiro atoms. The fourth-order valence-corrected chi connectivity index (χ4v) is 8.44. The quantitative estimate of drug-likeness (QED) is 0.211. The Kier molecular flexibility index (Phi) is 4.97. The van der Waals surface area contributed by atoms with Gasteiger partial charge < -0.3 is 4.57 Å². The number of rotatable bonds is 3. The van der Waals surface area contributed by atoms with E-state index in [2.05, 4.69) is 138 Å². The summed E-state index contributed by atoms with van der Waals surface area (Å²) in [4.78, 5) is 5.07. The molecule has 0 saturated heterocycles. The van der Waals surface area contributed by atoms with Crippen LogP contribution in [0.5, 0.6) is 0 Å². The van der Waals surface area contributed by atoms with Crippen molar-refractivity contribution in [1.82, 2.24) is 9.55 Å². The Balaban J connectivity index is 1.17. The average Bonchev–Trinajstić information content (AvgIpc) is 3.73. The monoisotopic (exact) mass is 558 g/mol. The van der Waals surface area contributed by atoms with E-state index in [9.17, 15) is 0 Å². The van der Waals surface area contributed by atoms with Gasteiger partial charge in [-0.3, -0.25) is 0 Å². The predicted octanol–water partition coefficient (Wildman–Crippen LogP) is 11.1. The van der Waals surface area contributed by atoms with Gasteiger partial charge in [0.25, 0.3) is 0 Å². The molecular weight excluding hydrogens is 537 g/mol. The van der Waals surface area contributed by atoms with Gasteiger partial charge in [-0.1, -0.05) is 72.8 Å². The number of hydrogen-bond acceptors (Lipinski definition) is 3. The number of para-hydroxylation sites is 1. The first-order valence-electron chi connectivity index (χ1n) is 13.7. The van der Waals surface area contributed by atoms with Gasteiger partial charge in [0.2, 0.25) is 0 Å². The van der Waals surface area contributed by atoms with Crippen LogP contribution in [-0.4, -0.2) is 9.55 Å². The molecule has 3 aromatic heterocycles. The molecule has 0 fully saturated rings. The first-order valence-corrected chi connectivity index (χ1v) is 15.4. The minimum Gasteiger partial charge on any atom is -0.309 e. The molecule has 0 N–H and O–H groups in total. The lowest BCUT2D eigenvalue weighted by molar-refractivity contribution is 1.18. The normalized spacial score (nSPS) is 11.9. The van der Waals surface area contributed by atoms with Crippen molar-refractivity contribution in [1.29, 1.82) is 0 Å². The van der Waals surface area contributed by atoms with Crippen LogP contribution in [0.15, 0.2) is 133 Å². The van der Waals surface area contributed by atoms with E-state index < -0.39 is 0 Å². The highest BCUT2D eigenvalue weighted by atomic mass is 32.1. The van der Waals surface area contributed by atoms with Crippen molar-refractivity contribution in [3.05, 3.63) is 133 Å². The Labute approximate surface area is 244 Å². The van der Waals surface area contributed by atoms with E-state index in [1.807, 2.05) is 11.3 Å². The third kappa shape index (κ3) is 3.51. The summed E-state index contributed by atoms with van der Waals surface area (Å²) in [6.45, 7) is 0. The number of aromatic nitrogens is 2. The number of thiazole rings is 1. The van der Waals surface area contributed by atoms with Crippen molar-refractivity contribution in [2.45, 2.75) is 0 Å². The minimum absolute atomic E-state index is 1.06. The fraction of sp³-hybridized carbons (Fsp3) is 0. The van der Waals surface area contributed by atoms with E-state index in [-0.39, 0.29) is 0 Å². The van der Waals surface area contributed by atoms with Crippen LogP contribution >= 0.6 is 22.7 Å². The summed E-state index contributed by atoms with van der Waals surface area (Å²) >= 11 is 3.66. The van der Waals surface area contributed by atoms with Crippen molar-refractivity contribution in [3.8, 4) is 27.4 Å². The summed E-state index contributed by atoms with van der Waals surface area (Å²) < 4.78 is 6.31. The second kappa shape index (κ2) is 8.87. The summed E-state index contributed by atoms with van der Waals surface area (Å²) in [6, 6.07) is 48.1. The first-order chi connectivity index (χ1) is 20.3. The van der Waals surface area contributed by atoms with Crippen LogP contribution in [0.4, 0.5) is 0 Å². The van der Waals surface area contributed by atoms with E-state index in [1.165, 1.54) is 57.8 Å². The van der Waals surface area contributed by atoms with Crippen LogP contribution in [0.25, 0.3) is 79.6 Å². The number of nitrogens with zero attached hydrogens (tertiary/aromatic N) is 2. The molecule has 0 amide bonds. The van der Waals surface area contributed by atoms with Gasteiger partial charge in [0.15, 0.2) is 0 Å². The molecule has 0 saturated carbocycles. The van der Waals surface area contributed by atoms with Gasteiger partial charge in [-0.2, -0.15) is 0 Å². The second-order valence-electron chi connectivity index (χ2n) is 10.4. The predicted molar refractivity (Wildman–Crippen MR) is 178 cm³/mol. The standard InChI is InChI=1S/C37H22N2S2/c1-2-8-23(9-3-1)25-16-20-32-29(22-25)27-10-4-6-12-31(27)39(32)26-17-14-24(15-18-26)37-38-30-19-21-34-35(36(30)41-37)28-11-5-7-13-33(28)40-34/h1-22H. The Hall–Kier alpha value is -4.77. The van der Waals surface area contributed by atoms with Gasteiger partial charge in [0.1, 0.15) is 5.01 Å². The smallest absolute Gasteiger partial charge is 0.124 e. The summed E-state index contributed by atoms with van der Waals surface area (Å²) in [5.41, 5.74) is 8.27. The Morgan fingerprint density at radius 1 is 0.488 bits per heavy atom. The van der Waals surface area contributed by atoms with Crippen LogP contribution in [-0.2, 0) is 0 Å². The summed E-state index contributed by atoms with van der Waals surface area (Å²) in [5.74, 6) is 0. The Bertz CT molecular complexity index is 2410. The van der Waals surface area contributed by atoms with E-state index in [0.29, 0.717) is 0 Å². The maximum absolute atomic E-state index is 5.07. The van der Waals surface area contributed by atoms with Gasteiger partial charge in [-0.25, -0.2) is 4.98 Å². The van der Waals surface area contributed by atoms with Gasteiger partial charge in [-0.05, 0) is 71.8 Å². The fourth-order valence-electron chi connectivity index (χ4n) is 6.13. The number of hydrogen-bond donors (Lipinski definition) is 0. The largest absolute Gasteiger partial charge is 0.309 e. The molecule has 4 heteroatoms. The number of thiophene rings is 1. The zero-order valence-corrected chi connectivity index (χ0v) is 23.5. The summed E-state index contributed by atoms with van der Waals surface area (Å²) in [6.07, 6.45) is 0. The molecule has 0 aliphatic carbocycles. The Morgan fingerprint density at radius 3 is 2.10 bits per heavy atom.